The molecule has 0 spiro atoms. The first-order valence-electron chi connectivity index (χ1n) is 8.04. The summed E-state index contributed by atoms with van der Waals surface area (Å²) in [5.74, 6) is 3.27. The summed E-state index contributed by atoms with van der Waals surface area (Å²) in [6.07, 6.45) is 1.72. The molecule has 2 aromatic rings. The van der Waals surface area contributed by atoms with Gasteiger partial charge in [-0.15, -0.1) is 0 Å². The third kappa shape index (κ3) is 4.21. The summed E-state index contributed by atoms with van der Waals surface area (Å²) in [5, 5.41) is 2.24. The van der Waals surface area contributed by atoms with Crippen molar-refractivity contribution < 1.29 is 28.8 Å². The van der Waals surface area contributed by atoms with Crippen molar-refractivity contribution in [2.24, 2.45) is 0 Å². The van der Waals surface area contributed by atoms with Gasteiger partial charge in [0.25, 0.3) is 0 Å². The molecular formula is C18H28N2O4+2. The van der Waals surface area contributed by atoms with Crippen LogP contribution in [0.1, 0.15) is 17.4 Å². The SMILES string of the molecule is COc1cc(OC)c(C[NH2+]C[C@H](c2ccco2)[NH+](C)C)c(OC)c1. The summed E-state index contributed by atoms with van der Waals surface area (Å²) in [6.45, 7) is 1.65. The van der Waals surface area contributed by atoms with Gasteiger partial charge >= 0.3 is 0 Å². The second-order valence-corrected chi connectivity index (χ2v) is 5.88. The lowest BCUT2D eigenvalue weighted by Gasteiger charge is -2.19. The molecule has 1 aromatic carbocycles. The van der Waals surface area contributed by atoms with Crippen LogP contribution in [0.2, 0.25) is 0 Å². The Balaban J connectivity index is 2.10. The predicted molar refractivity (Wildman–Crippen MR) is 90.9 cm³/mol. The van der Waals surface area contributed by atoms with Crippen molar-refractivity contribution in [1.82, 2.24) is 0 Å². The molecule has 6 heteroatoms. The lowest BCUT2D eigenvalue weighted by atomic mass is 10.1. The molecule has 2 rings (SSSR count). The maximum atomic E-state index is 5.57. The van der Waals surface area contributed by atoms with E-state index in [9.17, 15) is 0 Å². The van der Waals surface area contributed by atoms with Crippen LogP contribution in [0.25, 0.3) is 0 Å². The zero-order chi connectivity index (χ0) is 17.5. The number of rotatable bonds is 9. The molecule has 0 saturated heterocycles. The zero-order valence-corrected chi connectivity index (χ0v) is 15.1. The van der Waals surface area contributed by atoms with E-state index in [1.54, 1.807) is 27.6 Å². The van der Waals surface area contributed by atoms with Crippen LogP contribution in [0.15, 0.2) is 34.9 Å². The van der Waals surface area contributed by atoms with E-state index in [-0.39, 0.29) is 6.04 Å². The summed E-state index contributed by atoms with van der Waals surface area (Å²) < 4.78 is 21.9. The largest absolute Gasteiger partial charge is 0.496 e. The number of hydrogen-bond acceptors (Lipinski definition) is 4. The highest BCUT2D eigenvalue weighted by Gasteiger charge is 2.23. The maximum Gasteiger partial charge on any atom is 0.195 e. The second kappa shape index (κ2) is 8.61. The Morgan fingerprint density at radius 3 is 2.21 bits per heavy atom. The molecule has 0 saturated carbocycles. The predicted octanol–water partition coefficient (Wildman–Crippen LogP) is 0.255. The Bertz CT molecular complexity index is 601. The molecule has 0 bridgehead atoms. The van der Waals surface area contributed by atoms with Crippen molar-refractivity contribution in [3.8, 4) is 17.2 Å². The number of hydrogen-bond donors (Lipinski definition) is 2. The number of furan rings is 1. The average molecular weight is 336 g/mol. The van der Waals surface area contributed by atoms with Gasteiger partial charge < -0.3 is 28.8 Å². The molecule has 0 fully saturated rings. The molecule has 0 aliphatic heterocycles. The summed E-state index contributed by atoms with van der Waals surface area (Å²) in [6, 6.07) is 8.01. The summed E-state index contributed by atoms with van der Waals surface area (Å²) in [5.41, 5.74) is 1.02. The smallest absolute Gasteiger partial charge is 0.195 e. The van der Waals surface area contributed by atoms with Gasteiger partial charge in [-0.1, -0.05) is 0 Å². The van der Waals surface area contributed by atoms with Crippen LogP contribution < -0.4 is 24.4 Å². The van der Waals surface area contributed by atoms with E-state index in [0.717, 1.165) is 41.7 Å². The molecule has 0 aliphatic rings. The molecule has 24 heavy (non-hydrogen) atoms. The van der Waals surface area contributed by atoms with E-state index in [0.29, 0.717) is 0 Å². The van der Waals surface area contributed by atoms with Crippen LogP contribution in [0.4, 0.5) is 0 Å². The fraction of sp³-hybridized carbons (Fsp3) is 0.444. The minimum absolute atomic E-state index is 0.287. The fourth-order valence-corrected chi connectivity index (χ4v) is 2.80. The number of nitrogens with one attached hydrogen (secondary N) is 1. The highest BCUT2D eigenvalue weighted by molar-refractivity contribution is 5.50. The first-order valence-corrected chi connectivity index (χ1v) is 8.04. The zero-order valence-electron chi connectivity index (χ0n) is 15.1. The van der Waals surface area contributed by atoms with Gasteiger partial charge in [-0.2, -0.15) is 0 Å². The number of nitrogens with two attached hydrogens (primary N) is 1. The third-order valence-corrected chi connectivity index (χ3v) is 4.15. The van der Waals surface area contributed by atoms with Gasteiger partial charge in [0.15, 0.2) is 11.8 Å². The number of likely N-dealkylation sites (N-methyl/N-ethyl adjacent to an activating group) is 1. The van der Waals surface area contributed by atoms with Gasteiger partial charge in [-0.3, -0.25) is 0 Å². The molecule has 0 amide bonds. The van der Waals surface area contributed by atoms with Crippen LogP contribution in [0, 0.1) is 0 Å². The van der Waals surface area contributed by atoms with Gasteiger partial charge in [-0.25, -0.2) is 0 Å². The van der Waals surface area contributed by atoms with Crippen molar-refractivity contribution in [1.29, 1.82) is 0 Å². The van der Waals surface area contributed by atoms with Crippen LogP contribution in [0.3, 0.4) is 0 Å². The lowest BCUT2D eigenvalue weighted by Crippen LogP contribution is -3.09. The molecule has 0 radical (unpaired) electrons. The number of benzene rings is 1. The first kappa shape index (κ1) is 18.2. The van der Waals surface area contributed by atoms with Crippen molar-refractivity contribution in [2.75, 3.05) is 42.0 Å². The van der Waals surface area contributed by atoms with Crippen LogP contribution >= 0.6 is 0 Å². The molecule has 1 heterocycles. The number of methoxy groups -OCH3 is 3. The van der Waals surface area contributed by atoms with E-state index < -0.39 is 0 Å². The number of quaternary nitrogens is 2. The standard InChI is InChI=1S/C18H26N2O4/c1-20(2)15(16-7-6-8-24-16)12-19-11-14-17(22-4)9-13(21-3)10-18(14)23-5/h6-10,15,19H,11-12H2,1-5H3/p+2/t15-/m1/s1. The molecule has 0 unspecified atom stereocenters. The van der Waals surface area contributed by atoms with Crippen LogP contribution in [-0.2, 0) is 6.54 Å². The summed E-state index contributed by atoms with van der Waals surface area (Å²) in [7, 11) is 9.22. The first-order chi connectivity index (χ1) is 11.6. The molecule has 6 nitrogen and oxygen atoms in total. The van der Waals surface area contributed by atoms with Crippen molar-refractivity contribution >= 4 is 0 Å². The van der Waals surface area contributed by atoms with Gasteiger partial charge in [-0.05, 0) is 12.1 Å². The van der Waals surface area contributed by atoms with Crippen LogP contribution in [0.5, 0.6) is 17.2 Å². The highest BCUT2D eigenvalue weighted by atomic mass is 16.5. The van der Waals surface area contributed by atoms with Crippen molar-refractivity contribution in [3.63, 3.8) is 0 Å². The molecule has 132 valence electrons. The normalized spacial score (nSPS) is 12.2. The monoisotopic (exact) mass is 336 g/mol. The fourth-order valence-electron chi connectivity index (χ4n) is 2.80. The Morgan fingerprint density at radius 1 is 1.08 bits per heavy atom. The van der Waals surface area contributed by atoms with E-state index in [4.69, 9.17) is 18.6 Å². The van der Waals surface area contributed by atoms with Gasteiger partial charge in [0, 0.05) is 12.1 Å². The maximum absolute atomic E-state index is 5.57. The summed E-state index contributed by atoms with van der Waals surface area (Å²) in [4.78, 5) is 1.33. The second-order valence-electron chi connectivity index (χ2n) is 5.88. The molecule has 1 aromatic heterocycles. The minimum atomic E-state index is 0.287. The Hall–Kier alpha value is -2.18. The van der Waals surface area contributed by atoms with E-state index in [2.05, 4.69) is 19.4 Å². The Labute approximate surface area is 143 Å². The molecule has 1 atom stereocenters. The minimum Gasteiger partial charge on any atom is -0.496 e. The lowest BCUT2D eigenvalue weighted by molar-refractivity contribution is -0.911. The van der Waals surface area contributed by atoms with Gasteiger partial charge in [0.05, 0.1) is 47.3 Å². The quantitative estimate of drug-likeness (QED) is 0.689. The molecule has 0 aliphatic carbocycles. The number of ether oxygens (including phenoxy) is 3. The third-order valence-electron chi connectivity index (χ3n) is 4.15. The van der Waals surface area contributed by atoms with E-state index >= 15 is 0 Å². The summed E-state index contributed by atoms with van der Waals surface area (Å²) >= 11 is 0. The van der Waals surface area contributed by atoms with Gasteiger partial charge in [0.2, 0.25) is 0 Å². The molecular weight excluding hydrogens is 308 g/mol. The van der Waals surface area contributed by atoms with Crippen molar-refractivity contribution in [3.05, 3.63) is 41.9 Å². The topological polar surface area (TPSA) is 61.9 Å². The Morgan fingerprint density at radius 2 is 1.75 bits per heavy atom. The van der Waals surface area contributed by atoms with Gasteiger partial charge in [0.1, 0.15) is 30.3 Å². The van der Waals surface area contributed by atoms with E-state index in [1.165, 1.54) is 4.90 Å². The molecule has 3 N–H and O–H groups in total. The average Bonchev–Trinajstić information content (AvgIpc) is 3.11. The van der Waals surface area contributed by atoms with E-state index in [1.807, 2.05) is 24.3 Å². The van der Waals surface area contributed by atoms with Crippen molar-refractivity contribution in [2.45, 2.75) is 12.6 Å². The Kier molecular flexibility index (Phi) is 6.52. The highest BCUT2D eigenvalue weighted by Crippen LogP contribution is 2.33. The van der Waals surface area contributed by atoms with Crippen LogP contribution in [-0.4, -0.2) is 42.0 Å².